The fourth-order valence-corrected chi connectivity index (χ4v) is 3.89. The minimum atomic E-state index is -0.487. The van der Waals surface area contributed by atoms with Crippen molar-refractivity contribution in [3.63, 3.8) is 0 Å². The summed E-state index contributed by atoms with van der Waals surface area (Å²) in [7, 11) is 0. The number of rotatable bonds is 5. The summed E-state index contributed by atoms with van der Waals surface area (Å²) in [5, 5.41) is 29.7. The second-order valence-corrected chi connectivity index (χ2v) is 7.78. The average Bonchev–Trinajstić information content (AvgIpc) is 2.80. The smallest absolute Gasteiger partial charge is 0.196 e. The average molecular weight is 425 g/mol. The number of benzene rings is 1. The van der Waals surface area contributed by atoms with Crippen molar-refractivity contribution in [1.82, 2.24) is 0 Å². The van der Waals surface area contributed by atoms with Crippen LogP contribution in [0.5, 0.6) is 0 Å². The number of hydrogen-bond acceptors (Lipinski definition) is 6. The summed E-state index contributed by atoms with van der Waals surface area (Å²) in [6.45, 7) is 2.16. The Labute approximate surface area is 182 Å². The van der Waals surface area contributed by atoms with Gasteiger partial charge in [-0.15, -0.1) is 0 Å². The molecule has 0 saturated carbocycles. The molecule has 4 rings (SSSR count). The van der Waals surface area contributed by atoms with E-state index >= 15 is 0 Å². The third-order valence-electron chi connectivity index (χ3n) is 5.72. The molecule has 0 bridgehead atoms. The molecule has 0 saturated heterocycles. The molecule has 1 aromatic rings. The second-order valence-electron chi connectivity index (χ2n) is 7.78. The lowest BCUT2D eigenvalue weighted by Crippen LogP contribution is -2.37. The topological polar surface area (TPSA) is 114 Å². The van der Waals surface area contributed by atoms with Crippen molar-refractivity contribution in [2.75, 3.05) is 5.32 Å². The van der Waals surface area contributed by atoms with E-state index in [1.165, 1.54) is 23.8 Å². The van der Waals surface area contributed by atoms with Crippen LogP contribution in [0.15, 0.2) is 58.1 Å². The van der Waals surface area contributed by atoms with Gasteiger partial charge in [0.15, 0.2) is 10.9 Å². The van der Waals surface area contributed by atoms with E-state index in [0.717, 1.165) is 31.2 Å². The SMILES string of the molecule is CCCCc1ccc(N/C=c2\ccc3c(=O)c4c(=N)/c(=C/O)ccc=4c(=O)c=3c2=N)cc1. The zero-order valence-corrected chi connectivity index (χ0v) is 17.7. The highest BCUT2D eigenvalue weighted by atomic mass is 16.2. The van der Waals surface area contributed by atoms with Crippen LogP contribution in [-0.2, 0) is 6.42 Å². The fraction of sp³-hybridized carbons (Fsp3) is 0.154. The van der Waals surface area contributed by atoms with Crippen LogP contribution < -0.4 is 37.3 Å². The van der Waals surface area contributed by atoms with Crippen LogP contribution in [0.1, 0.15) is 25.3 Å². The molecule has 3 aliphatic rings. The third-order valence-corrected chi connectivity index (χ3v) is 5.72. The van der Waals surface area contributed by atoms with Crippen LogP contribution in [-0.4, -0.2) is 5.11 Å². The Kier molecular flexibility index (Phi) is 5.69. The predicted octanol–water partition coefficient (Wildman–Crippen LogP) is 1.18. The lowest BCUT2D eigenvalue weighted by atomic mass is 10.0. The lowest BCUT2D eigenvalue weighted by molar-refractivity contribution is 0.539. The van der Waals surface area contributed by atoms with Gasteiger partial charge in [-0.3, -0.25) is 20.4 Å². The van der Waals surface area contributed by atoms with E-state index in [2.05, 4.69) is 24.4 Å². The molecule has 6 nitrogen and oxygen atoms in total. The molecule has 0 radical (unpaired) electrons. The van der Waals surface area contributed by atoms with Gasteiger partial charge >= 0.3 is 0 Å². The van der Waals surface area contributed by atoms with Crippen molar-refractivity contribution >= 4 is 18.1 Å². The second kappa shape index (κ2) is 8.59. The maximum Gasteiger partial charge on any atom is 0.196 e. The number of aliphatic hydroxyl groups is 1. The van der Waals surface area contributed by atoms with Crippen LogP contribution >= 0.6 is 0 Å². The van der Waals surface area contributed by atoms with Crippen LogP contribution in [0.4, 0.5) is 5.69 Å². The minimum Gasteiger partial charge on any atom is -0.515 e. The van der Waals surface area contributed by atoms with Crippen molar-refractivity contribution in [3.8, 4) is 0 Å². The zero-order valence-electron chi connectivity index (χ0n) is 17.7. The van der Waals surface area contributed by atoms with E-state index < -0.39 is 10.9 Å². The molecule has 4 N–H and O–H groups in total. The van der Waals surface area contributed by atoms with Crippen LogP contribution in [0.3, 0.4) is 0 Å². The maximum atomic E-state index is 13.1. The van der Waals surface area contributed by atoms with Gasteiger partial charge in [-0.25, -0.2) is 0 Å². The molecule has 6 heteroatoms. The molecule has 0 atom stereocenters. The quantitative estimate of drug-likeness (QED) is 0.384. The van der Waals surface area contributed by atoms with Crippen LogP contribution in [0, 0.1) is 31.7 Å². The molecule has 1 aromatic carbocycles. The molecule has 3 aliphatic carbocycles. The predicted molar refractivity (Wildman–Crippen MR) is 123 cm³/mol. The van der Waals surface area contributed by atoms with E-state index in [1.807, 2.05) is 12.1 Å². The van der Waals surface area contributed by atoms with Crippen molar-refractivity contribution in [1.29, 1.82) is 10.8 Å². The first-order valence-corrected chi connectivity index (χ1v) is 10.5. The summed E-state index contributed by atoms with van der Waals surface area (Å²) >= 11 is 0. The van der Waals surface area contributed by atoms with Gasteiger partial charge in [0.25, 0.3) is 0 Å². The molecule has 0 aliphatic heterocycles. The Bertz CT molecular complexity index is 1770. The molecular formula is C26H23N3O3. The molecule has 32 heavy (non-hydrogen) atoms. The van der Waals surface area contributed by atoms with Crippen LogP contribution in [0.25, 0.3) is 12.5 Å². The zero-order chi connectivity index (χ0) is 22.8. The van der Waals surface area contributed by atoms with E-state index in [4.69, 9.17) is 10.8 Å². The maximum absolute atomic E-state index is 13.1. The first-order valence-electron chi connectivity index (χ1n) is 10.5. The highest BCUT2D eigenvalue weighted by molar-refractivity contribution is 5.54. The molecule has 0 amide bonds. The number of hydrogen-bond donors (Lipinski definition) is 4. The Morgan fingerprint density at radius 2 is 1.41 bits per heavy atom. The largest absolute Gasteiger partial charge is 0.515 e. The number of anilines is 1. The van der Waals surface area contributed by atoms with E-state index in [-0.39, 0.29) is 36.8 Å². The fourth-order valence-electron chi connectivity index (χ4n) is 3.89. The molecule has 160 valence electrons. The Hall–Kier alpha value is -4.06. The lowest BCUT2D eigenvalue weighted by Gasteiger charge is -2.04. The van der Waals surface area contributed by atoms with E-state index in [0.29, 0.717) is 5.22 Å². The van der Waals surface area contributed by atoms with Crippen molar-refractivity contribution in [2.24, 2.45) is 0 Å². The Balaban J connectivity index is 1.87. The summed E-state index contributed by atoms with van der Waals surface area (Å²) in [6.07, 6.45) is 5.72. The van der Waals surface area contributed by atoms with Gasteiger partial charge in [0, 0.05) is 32.8 Å². The molecular weight excluding hydrogens is 402 g/mol. The van der Waals surface area contributed by atoms with Crippen LogP contribution in [0.2, 0.25) is 0 Å². The summed E-state index contributed by atoms with van der Waals surface area (Å²) in [5.41, 5.74) is 1.18. The summed E-state index contributed by atoms with van der Waals surface area (Å²) in [4.78, 5) is 26.1. The van der Waals surface area contributed by atoms with Crippen molar-refractivity contribution in [2.45, 2.75) is 26.2 Å². The minimum absolute atomic E-state index is 0.0353. The first kappa shape index (κ1) is 21.2. The normalized spacial score (nSPS) is 12.7. The standard InChI is InChI=1S/C26H23N3O3/c1-2-3-4-15-5-9-18(10-6-15)29-13-16-7-11-19-21(23(16)27)25(31)20-12-8-17(14-30)24(28)22(20)26(19)32/h5-14,27-30H,2-4H2,1H3/b16-13+,17-14+,27-23?,28-24?. The number of nitrogens with one attached hydrogen (secondary N) is 3. The summed E-state index contributed by atoms with van der Waals surface area (Å²) < 4.78 is 0. The molecule has 0 unspecified atom stereocenters. The van der Waals surface area contributed by atoms with E-state index in [9.17, 15) is 14.7 Å². The first-order chi connectivity index (χ1) is 15.5. The molecule has 0 heterocycles. The molecule has 0 spiro atoms. The van der Waals surface area contributed by atoms with Gasteiger partial charge in [0.1, 0.15) is 0 Å². The van der Waals surface area contributed by atoms with Gasteiger partial charge in [-0.2, -0.15) is 0 Å². The van der Waals surface area contributed by atoms with Crippen molar-refractivity contribution in [3.05, 3.63) is 117 Å². The van der Waals surface area contributed by atoms with Crippen molar-refractivity contribution < 1.29 is 5.11 Å². The Morgan fingerprint density at radius 1 is 0.844 bits per heavy atom. The summed E-state index contributed by atoms with van der Waals surface area (Å²) in [5.74, 6) is 0. The summed E-state index contributed by atoms with van der Waals surface area (Å²) in [6, 6.07) is 14.1. The number of aryl methyl sites for hydroxylation is 1. The highest BCUT2D eigenvalue weighted by Gasteiger charge is 2.08. The van der Waals surface area contributed by atoms with Gasteiger partial charge in [-0.1, -0.05) is 31.5 Å². The third kappa shape index (κ3) is 3.60. The van der Waals surface area contributed by atoms with Gasteiger partial charge in [0.2, 0.25) is 0 Å². The Morgan fingerprint density at radius 3 is 1.97 bits per heavy atom. The number of unbranched alkanes of at least 4 members (excludes halogenated alkanes) is 1. The van der Waals surface area contributed by atoms with Gasteiger partial charge in [0.05, 0.1) is 27.4 Å². The monoisotopic (exact) mass is 425 g/mol. The highest BCUT2D eigenvalue weighted by Crippen LogP contribution is 2.11. The van der Waals surface area contributed by atoms with Gasteiger partial charge < -0.3 is 10.4 Å². The van der Waals surface area contributed by atoms with Gasteiger partial charge in [-0.05, 0) is 48.7 Å². The molecule has 0 fully saturated rings. The molecule has 0 aromatic heterocycles. The van der Waals surface area contributed by atoms with E-state index in [1.54, 1.807) is 12.3 Å². The number of aliphatic hydroxyl groups excluding tert-OH is 1.